The smallest absolute Gasteiger partial charge is 0.263 e. The van der Waals surface area contributed by atoms with Crippen LogP contribution in [0.25, 0.3) is 11.4 Å². The second-order valence-corrected chi connectivity index (χ2v) is 8.89. The molecule has 0 bridgehead atoms. The highest BCUT2D eigenvalue weighted by atomic mass is 35.5. The van der Waals surface area contributed by atoms with Gasteiger partial charge in [0.1, 0.15) is 10.7 Å². The summed E-state index contributed by atoms with van der Waals surface area (Å²) in [6.07, 6.45) is 1.72. The van der Waals surface area contributed by atoms with Crippen LogP contribution in [0.2, 0.25) is 5.02 Å². The van der Waals surface area contributed by atoms with E-state index in [1.807, 2.05) is 0 Å². The van der Waals surface area contributed by atoms with Gasteiger partial charge < -0.3 is 11.1 Å². The van der Waals surface area contributed by atoms with Crippen LogP contribution < -0.4 is 15.8 Å². The minimum absolute atomic E-state index is 0.101. The van der Waals surface area contributed by atoms with Crippen molar-refractivity contribution in [2.45, 2.75) is 30.7 Å². The van der Waals surface area contributed by atoms with Crippen molar-refractivity contribution in [2.75, 3.05) is 10.0 Å². The summed E-state index contributed by atoms with van der Waals surface area (Å²) in [6, 6.07) is 9.59. The molecule has 2 heterocycles. The van der Waals surface area contributed by atoms with Gasteiger partial charge in [-0.25, -0.2) is 13.4 Å². The normalized spacial score (nSPS) is 14.0. The highest BCUT2D eigenvalue weighted by Crippen LogP contribution is 2.32. The van der Waals surface area contributed by atoms with Crippen molar-refractivity contribution < 1.29 is 13.2 Å². The van der Waals surface area contributed by atoms with Crippen molar-refractivity contribution in [3.63, 3.8) is 0 Å². The van der Waals surface area contributed by atoms with Gasteiger partial charge in [0, 0.05) is 23.4 Å². The Hall–Kier alpha value is -2.95. The van der Waals surface area contributed by atoms with E-state index >= 15 is 0 Å². The molecule has 30 heavy (non-hydrogen) atoms. The summed E-state index contributed by atoms with van der Waals surface area (Å²) in [4.78, 5) is 16.0. The van der Waals surface area contributed by atoms with E-state index in [2.05, 4.69) is 25.2 Å². The monoisotopic (exact) mass is 446 g/mol. The zero-order valence-electron chi connectivity index (χ0n) is 15.8. The first kappa shape index (κ1) is 20.3. The number of amides is 1. The van der Waals surface area contributed by atoms with Crippen LogP contribution in [-0.2, 0) is 27.8 Å². The van der Waals surface area contributed by atoms with Crippen LogP contribution in [0.1, 0.15) is 24.2 Å². The molecule has 9 nitrogen and oxygen atoms in total. The number of halogens is 1. The van der Waals surface area contributed by atoms with Crippen LogP contribution >= 0.6 is 11.6 Å². The number of nitrogens with zero attached hydrogens (tertiary/aromatic N) is 2. The molecular formula is C19H19ClN6O3S. The highest BCUT2D eigenvalue weighted by molar-refractivity contribution is 7.92. The largest absolute Gasteiger partial charge is 0.326 e. The molecule has 1 aliphatic rings. The number of aryl methyl sites for hydroxylation is 1. The lowest BCUT2D eigenvalue weighted by molar-refractivity contribution is -0.116. The summed E-state index contributed by atoms with van der Waals surface area (Å²) in [5.41, 5.74) is 7.86. The van der Waals surface area contributed by atoms with Crippen LogP contribution in [0, 0.1) is 0 Å². The van der Waals surface area contributed by atoms with E-state index in [0.29, 0.717) is 47.8 Å². The van der Waals surface area contributed by atoms with Gasteiger partial charge >= 0.3 is 0 Å². The predicted octanol–water partition coefficient (Wildman–Crippen LogP) is 2.66. The fourth-order valence-electron chi connectivity index (χ4n) is 3.19. The summed E-state index contributed by atoms with van der Waals surface area (Å²) in [5.74, 6) is 0.877. The lowest BCUT2D eigenvalue weighted by Gasteiger charge is -2.14. The van der Waals surface area contributed by atoms with E-state index in [1.54, 1.807) is 30.3 Å². The Morgan fingerprint density at radius 3 is 2.63 bits per heavy atom. The van der Waals surface area contributed by atoms with Crippen LogP contribution in [0.5, 0.6) is 0 Å². The molecule has 0 atom stereocenters. The van der Waals surface area contributed by atoms with Crippen molar-refractivity contribution >= 4 is 38.9 Å². The van der Waals surface area contributed by atoms with E-state index in [0.717, 1.165) is 5.56 Å². The first-order chi connectivity index (χ1) is 14.4. The van der Waals surface area contributed by atoms with Gasteiger partial charge in [0.25, 0.3) is 10.0 Å². The van der Waals surface area contributed by atoms with Crippen molar-refractivity contribution in [3.8, 4) is 11.4 Å². The number of aromatic amines is 1. The standard InChI is InChI=1S/C19H19ClN6O3S/c20-14-8-12-2-1-3-18(27)22-15(12)9-16(14)30(28,29)26-13-6-4-11(5-7-13)19-23-17(10-21)24-25-19/h4-9,26H,1-3,10,21H2,(H,22,27)(H,23,24,25). The molecule has 1 aromatic heterocycles. The Balaban J connectivity index is 1.59. The van der Waals surface area contributed by atoms with Gasteiger partial charge in [0.2, 0.25) is 5.91 Å². The van der Waals surface area contributed by atoms with Crippen LogP contribution in [-0.4, -0.2) is 29.5 Å². The Morgan fingerprint density at radius 2 is 1.93 bits per heavy atom. The van der Waals surface area contributed by atoms with E-state index in [9.17, 15) is 13.2 Å². The van der Waals surface area contributed by atoms with E-state index in [-0.39, 0.29) is 22.4 Å². The summed E-state index contributed by atoms with van der Waals surface area (Å²) in [5, 5.41) is 9.64. The summed E-state index contributed by atoms with van der Waals surface area (Å²) < 4.78 is 28.4. The molecule has 2 aromatic carbocycles. The fourth-order valence-corrected chi connectivity index (χ4v) is 4.82. The van der Waals surface area contributed by atoms with Gasteiger partial charge in [-0.1, -0.05) is 11.6 Å². The molecule has 0 saturated carbocycles. The molecule has 11 heteroatoms. The molecular weight excluding hydrogens is 428 g/mol. The maximum Gasteiger partial charge on any atom is 0.263 e. The molecule has 0 aliphatic carbocycles. The Kier molecular flexibility index (Phi) is 5.46. The van der Waals surface area contributed by atoms with Gasteiger partial charge in [-0.3, -0.25) is 14.6 Å². The minimum atomic E-state index is -3.97. The van der Waals surface area contributed by atoms with Gasteiger partial charge in [-0.2, -0.15) is 5.10 Å². The summed E-state index contributed by atoms with van der Waals surface area (Å²) in [6.45, 7) is 0.243. The third-order valence-corrected chi connectivity index (χ3v) is 6.54. The van der Waals surface area contributed by atoms with Crippen LogP contribution in [0.4, 0.5) is 11.4 Å². The molecule has 3 aromatic rings. The maximum absolute atomic E-state index is 12.9. The number of fused-ring (bicyclic) bond motifs is 1. The molecule has 1 amide bonds. The summed E-state index contributed by atoms with van der Waals surface area (Å²) in [7, 11) is -3.97. The lowest BCUT2D eigenvalue weighted by atomic mass is 10.1. The number of aromatic nitrogens is 3. The van der Waals surface area contributed by atoms with Gasteiger partial charge in [0.15, 0.2) is 5.82 Å². The van der Waals surface area contributed by atoms with E-state index in [4.69, 9.17) is 17.3 Å². The highest BCUT2D eigenvalue weighted by Gasteiger charge is 2.23. The predicted molar refractivity (Wildman–Crippen MR) is 114 cm³/mol. The first-order valence-corrected chi connectivity index (χ1v) is 11.1. The van der Waals surface area contributed by atoms with Crippen molar-refractivity contribution in [1.82, 2.24) is 15.2 Å². The number of rotatable bonds is 5. The third-order valence-electron chi connectivity index (χ3n) is 4.69. The molecule has 4 rings (SSSR count). The Morgan fingerprint density at radius 1 is 1.17 bits per heavy atom. The average Bonchev–Trinajstić information content (AvgIpc) is 3.11. The number of carbonyl (C=O) groups is 1. The van der Waals surface area contributed by atoms with Gasteiger partial charge in [-0.15, -0.1) is 0 Å². The van der Waals surface area contributed by atoms with Crippen LogP contribution in [0.15, 0.2) is 41.3 Å². The van der Waals surface area contributed by atoms with E-state index in [1.165, 1.54) is 6.07 Å². The molecule has 156 valence electrons. The molecule has 0 radical (unpaired) electrons. The number of hydrogen-bond acceptors (Lipinski definition) is 6. The first-order valence-electron chi connectivity index (χ1n) is 9.22. The maximum atomic E-state index is 12.9. The molecule has 1 aliphatic heterocycles. The Bertz CT molecular complexity index is 1210. The van der Waals surface area contributed by atoms with Crippen molar-refractivity contribution in [1.29, 1.82) is 0 Å². The number of nitrogens with two attached hydrogens (primary N) is 1. The number of carbonyl (C=O) groups excluding carboxylic acids is 1. The topological polar surface area (TPSA) is 143 Å². The third kappa shape index (κ3) is 4.16. The second kappa shape index (κ2) is 8.05. The number of benzene rings is 2. The number of sulfonamides is 1. The number of nitrogens with one attached hydrogen (secondary N) is 3. The quantitative estimate of drug-likeness (QED) is 0.474. The molecule has 0 fully saturated rings. The second-order valence-electron chi connectivity index (χ2n) is 6.83. The SMILES string of the molecule is NCc1nc(-c2ccc(NS(=O)(=O)c3cc4c(cc3Cl)CCCC(=O)N4)cc2)n[nH]1. The lowest BCUT2D eigenvalue weighted by Crippen LogP contribution is -2.15. The Labute approximate surface area is 178 Å². The van der Waals surface area contributed by atoms with Gasteiger partial charge in [0.05, 0.1) is 11.6 Å². The molecule has 0 unspecified atom stereocenters. The molecule has 0 spiro atoms. The summed E-state index contributed by atoms with van der Waals surface area (Å²) >= 11 is 6.26. The van der Waals surface area contributed by atoms with Crippen LogP contribution in [0.3, 0.4) is 0 Å². The number of anilines is 2. The fraction of sp³-hybridized carbons (Fsp3) is 0.211. The molecule has 0 saturated heterocycles. The zero-order valence-corrected chi connectivity index (χ0v) is 17.3. The average molecular weight is 447 g/mol. The van der Waals surface area contributed by atoms with Gasteiger partial charge in [-0.05, 0) is 54.8 Å². The van der Waals surface area contributed by atoms with Crippen molar-refractivity contribution in [3.05, 3.63) is 52.8 Å². The number of hydrogen-bond donors (Lipinski definition) is 4. The van der Waals surface area contributed by atoms with E-state index < -0.39 is 10.0 Å². The van der Waals surface area contributed by atoms with Crippen molar-refractivity contribution in [2.24, 2.45) is 5.73 Å². The minimum Gasteiger partial charge on any atom is -0.326 e. The zero-order chi connectivity index (χ0) is 21.3. The number of H-pyrrole nitrogens is 1. The molecule has 5 N–H and O–H groups in total.